The molecule has 0 unspecified atom stereocenters. The summed E-state index contributed by atoms with van der Waals surface area (Å²) < 4.78 is 6.96. The highest BCUT2D eigenvalue weighted by Crippen LogP contribution is 2.43. The monoisotopic (exact) mass is 699 g/mol. The molecule has 0 fully saturated rings. The molecule has 5 nitrogen and oxygen atoms in total. The summed E-state index contributed by atoms with van der Waals surface area (Å²) in [5.74, 6) is 0. The van der Waals surface area contributed by atoms with Crippen molar-refractivity contribution >= 4 is 76.8 Å². The van der Waals surface area contributed by atoms with Crippen LogP contribution in [0.2, 0.25) is 0 Å². The fourth-order valence-corrected chi connectivity index (χ4v) is 8.80. The Balaban J connectivity index is 1.13. The zero-order valence-electron chi connectivity index (χ0n) is 29.5. The molecule has 0 atom stereocenters. The second kappa shape index (κ2) is 11.8. The Kier molecular flexibility index (Phi) is 6.61. The van der Waals surface area contributed by atoms with Crippen molar-refractivity contribution in [2.75, 3.05) is 0 Å². The van der Waals surface area contributed by atoms with E-state index in [1.165, 1.54) is 32.6 Å². The number of benzene rings is 8. The smallest absolute Gasteiger partial charge is 0.211 e. The van der Waals surface area contributed by atoms with Crippen LogP contribution in [0.5, 0.6) is 0 Å². The van der Waals surface area contributed by atoms with Gasteiger partial charge in [0.2, 0.25) is 5.69 Å². The van der Waals surface area contributed by atoms with Crippen LogP contribution in [0.15, 0.2) is 176 Å². The Labute approximate surface area is 316 Å². The van der Waals surface area contributed by atoms with Gasteiger partial charge in [0.15, 0.2) is 5.69 Å². The Morgan fingerprint density at radius 2 is 0.927 bits per heavy atom. The summed E-state index contributed by atoms with van der Waals surface area (Å²) >= 11 is 0. The summed E-state index contributed by atoms with van der Waals surface area (Å²) in [6.45, 7) is 15.9. The Hall–Kier alpha value is -7.86. The van der Waals surface area contributed by atoms with E-state index in [-0.39, 0.29) is 0 Å². The van der Waals surface area contributed by atoms with E-state index in [0.717, 1.165) is 61.0 Å². The molecule has 3 heterocycles. The van der Waals surface area contributed by atoms with Gasteiger partial charge in [-0.1, -0.05) is 115 Å². The van der Waals surface area contributed by atoms with Crippen molar-refractivity contribution in [3.05, 3.63) is 199 Å². The van der Waals surface area contributed by atoms with Gasteiger partial charge >= 0.3 is 0 Å². The van der Waals surface area contributed by atoms with Gasteiger partial charge < -0.3 is 13.7 Å². The van der Waals surface area contributed by atoms with E-state index >= 15 is 0 Å². The van der Waals surface area contributed by atoms with Gasteiger partial charge in [-0.05, 0) is 77.2 Å². The minimum Gasteiger partial charge on any atom is -0.318 e. The van der Waals surface area contributed by atoms with Crippen molar-refractivity contribution in [2.24, 2.45) is 0 Å². The van der Waals surface area contributed by atoms with Crippen LogP contribution in [0.3, 0.4) is 0 Å². The summed E-state index contributed by atoms with van der Waals surface area (Å²) in [6, 6.07) is 61.3. The first-order valence-corrected chi connectivity index (χ1v) is 18.3. The largest absolute Gasteiger partial charge is 0.318 e. The molecule has 0 spiro atoms. The molecule has 0 saturated heterocycles. The minimum absolute atomic E-state index is 0.564. The lowest BCUT2D eigenvalue weighted by molar-refractivity contribution is 1.17. The third kappa shape index (κ3) is 4.39. The molecule has 5 heteroatoms. The van der Waals surface area contributed by atoms with Crippen molar-refractivity contribution in [1.29, 1.82) is 0 Å². The topological polar surface area (TPSA) is 23.5 Å². The third-order valence-electron chi connectivity index (χ3n) is 11.1. The molecular weight excluding hydrogens is 671 g/mol. The molecule has 11 rings (SSSR count). The average Bonchev–Trinajstić information content (AvgIpc) is 3.89. The normalized spacial score (nSPS) is 11.6. The maximum atomic E-state index is 8.04. The van der Waals surface area contributed by atoms with Gasteiger partial charge in [0.05, 0.1) is 57.6 Å². The molecule has 0 amide bonds. The second-order valence-corrected chi connectivity index (χ2v) is 13.9. The maximum Gasteiger partial charge on any atom is 0.211 e. The summed E-state index contributed by atoms with van der Waals surface area (Å²) in [7, 11) is 0. The Morgan fingerprint density at radius 3 is 1.58 bits per heavy atom. The van der Waals surface area contributed by atoms with Crippen molar-refractivity contribution in [2.45, 2.75) is 0 Å². The molecule has 0 radical (unpaired) electrons. The van der Waals surface area contributed by atoms with Crippen LogP contribution >= 0.6 is 0 Å². The molecule has 11 aromatic rings. The number of hydrogen-bond donors (Lipinski definition) is 0. The Morgan fingerprint density at radius 1 is 0.382 bits per heavy atom. The van der Waals surface area contributed by atoms with Gasteiger partial charge in [-0.25, -0.2) is 9.69 Å². The maximum absolute atomic E-state index is 8.04. The molecule has 0 aliphatic rings. The van der Waals surface area contributed by atoms with Gasteiger partial charge in [-0.2, -0.15) is 0 Å². The van der Waals surface area contributed by atoms with Crippen LogP contribution in [0, 0.1) is 13.1 Å². The lowest BCUT2D eigenvalue weighted by Crippen LogP contribution is -1.98. The van der Waals surface area contributed by atoms with Crippen molar-refractivity contribution in [3.8, 4) is 28.2 Å². The van der Waals surface area contributed by atoms with Gasteiger partial charge in [0, 0.05) is 32.6 Å². The molecule has 0 bridgehead atoms. The molecule has 0 saturated carbocycles. The van der Waals surface area contributed by atoms with E-state index < -0.39 is 0 Å². The van der Waals surface area contributed by atoms with Crippen LogP contribution in [-0.4, -0.2) is 13.7 Å². The summed E-state index contributed by atoms with van der Waals surface area (Å²) in [6.07, 6.45) is 0. The van der Waals surface area contributed by atoms with Gasteiger partial charge in [-0.3, -0.25) is 0 Å². The quantitative estimate of drug-likeness (QED) is 0.163. The zero-order chi connectivity index (χ0) is 36.6. The van der Waals surface area contributed by atoms with E-state index in [2.05, 4.69) is 157 Å². The van der Waals surface area contributed by atoms with E-state index in [4.69, 9.17) is 13.1 Å². The van der Waals surface area contributed by atoms with Gasteiger partial charge in [-0.15, -0.1) is 0 Å². The molecule has 254 valence electrons. The molecule has 0 aliphatic heterocycles. The number of rotatable bonds is 4. The van der Waals surface area contributed by atoms with E-state index in [0.29, 0.717) is 11.4 Å². The van der Waals surface area contributed by atoms with E-state index in [1.54, 1.807) is 0 Å². The highest BCUT2D eigenvalue weighted by atomic mass is 15.0. The highest BCUT2D eigenvalue weighted by molar-refractivity contribution is 6.17. The zero-order valence-corrected chi connectivity index (χ0v) is 29.5. The number of para-hydroxylation sites is 5. The van der Waals surface area contributed by atoms with Crippen LogP contribution in [0.25, 0.3) is 103 Å². The minimum atomic E-state index is 0.564. The standard InChI is InChI=1S/C50H29N5/c1-51-33-27-30-46(55-44-21-9-5-15-37(44)38-17-11-18-41(52-2)50(38)55)40(31-33)32-25-28-34(29-26-32)53-45-22-10-6-16-39(45)49-47(53)23-12-24-48(49)54-42-19-7-3-13-35(42)36-14-4-8-20-43(36)54/h3-31H. The van der Waals surface area contributed by atoms with Crippen LogP contribution < -0.4 is 0 Å². The van der Waals surface area contributed by atoms with Crippen LogP contribution in [0.4, 0.5) is 11.4 Å². The van der Waals surface area contributed by atoms with Crippen molar-refractivity contribution < 1.29 is 0 Å². The molecule has 0 N–H and O–H groups in total. The highest BCUT2D eigenvalue weighted by Gasteiger charge is 2.21. The number of hydrogen-bond acceptors (Lipinski definition) is 0. The first kappa shape index (κ1) is 30.7. The van der Waals surface area contributed by atoms with Crippen LogP contribution in [0.1, 0.15) is 0 Å². The lowest BCUT2D eigenvalue weighted by atomic mass is 10.0. The first-order chi connectivity index (χ1) is 27.2. The molecule has 55 heavy (non-hydrogen) atoms. The van der Waals surface area contributed by atoms with E-state index in [1.807, 2.05) is 42.5 Å². The molecule has 0 aliphatic carbocycles. The van der Waals surface area contributed by atoms with Crippen molar-refractivity contribution in [1.82, 2.24) is 13.7 Å². The fraction of sp³-hybridized carbons (Fsp3) is 0. The second-order valence-electron chi connectivity index (χ2n) is 13.9. The predicted molar refractivity (Wildman–Crippen MR) is 227 cm³/mol. The average molecular weight is 700 g/mol. The predicted octanol–water partition coefficient (Wildman–Crippen LogP) is 13.7. The SMILES string of the molecule is [C-]#[N+]c1ccc(-n2c3ccccc3c3cccc([N+]#[C-])c32)c(-c2ccc(-n3c4ccccc4c4c(-n5c6ccccc6c6ccccc65)cccc43)cc2)c1. The summed E-state index contributed by atoms with van der Waals surface area (Å²) in [4.78, 5) is 7.75. The molecule has 8 aromatic carbocycles. The van der Waals surface area contributed by atoms with Gasteiger partial charge in [0.25, 0.3) is 0 Å². The molecule has 3 aromatic heterocycles. The Bertz CT molecular complexity index is 3400. The van der Waals surface area contributed by atoms with Crippen LogP contribution in [-0.2, 0) is 0 Å². The summed E-state index contributed by atoms with van der Waals surface area (Å²) in [5, 5.41) is 6.98. The fourth-order valence-electron chi connectivity index (χ4n) is 8.80. The number of aromatic nitrogens is 3. The van der Waals surface area contributed by atoms with Gasteiger partial charge in [0.1, 0.15) is 0 Å². The van der Waals surface area contributed by atoms with E-state index in [9.17, 15) is 0 Å². The summed E-state index contributed by atoms with van der Waals surface area (Å²) in [5.41, 5.74) is 12.7. The molecular formula is C50H29N5. The van der Waals surface area contributed by atoms with Crippen molar-refractivity contribution in [3.63, 3.8) is 0 Å². The lowest BCUT2D eigenvalue weighted by Gasteiger charge is -2.16. The third-order valence-corrected chi connectivity index (χ3v) is 11.1. The number of fused-ring (bicyclic) bond motifs is 9. The number of nitrogens with zero attached hydrogens (tertiary/aromatic N) is 5. The first-order valence-electron chi connectivity index (χ1n) is 18.3.